The summed E-state index contributed by atoms with van der Waals surface area (Å²) in [4.78, 5) is 1.47. The van der Waals surface area contributed by atoms with E-state index in [1.807, 2.05) is 31.2 Å². The summed E-state index contributed by atoms with van der Waals surface area (Å²) < 4.78 is 29.0. The molecule has 0 aromatic heterocycles. The Labute approximate surface area is 143 Å². The van der Waals surface area contributed by atoms with Gasteiger partial charge in [-0.25, -0.2) is 13.1 Å². The van der Waals surface area contributed by atoms with Gasteiger partial charge < -0.3 is 0 Å². The third kappa shape index (κ3) is 3.25. The molecular formula is C16H16BrNO2S2. The van der Waals surface area contributed by atoms with E-state index in [0.29, 0.717) is 4.90 Å². The van der Waals surface area contributed by atoms with Crippen LogP contribution in [0.2, 0.25) is 0 Å². The van der Waals surface area contributed by atoms with Gasteiger partial charge in [0.15, 0.2) is 0 Å². The van der Waals surface area contributed by atoms with Crippen molar-refractivity contribution in [2.45, 2.75) is 29.2 Å². The van der Waals surface area contributed by atoms with Crippen molar-refractivity contribution >= 4 is 37.7 Å². The van der Waals surface area contributed by atoms with E-state index in [0.717, 1.165) is 32.7 Å². The van der Waals surface area contributed by atoms with Gasteiger partial charge in [0.25, 0.3) is 0 Å². The van der Waals surface area contributed by atoms with Gasteiger partial charge >= 0.3 is 0 Å². The van der Waals surface area contributed by atoms with Crippen molar-refractivity contribution in [1.82, 2.24) is 4.72 Å². The summed E-state index contributed by atoms with van der Waals surface area (Å²) in [5, 5.41) is 0. The van der Waals surface area contributed by atoms with Crippen LogP contribution in [0.5, 0.6) is 0 Å². The van der Waals surface area contributed by atoms with Crippen molar-refractivity contribution in [3.8, 4) is 0 Å². The zero-order chi connectivity index (χ0) is 15.7. The van der Waals surface area contributed by atoms with Crippen LogP contribution in [0.25, 0.3) is 0 Å². The number of fused-ring (bicyclic) bond motifs is 1. The second kappa shape index (κ2) is 6.35. The number of hydrogen-bond donors (Lipinski definition) is 1. The number of nitrogens with one attached hydrogen (secondary N) is 1. The first-order valence-corrected chi connectivity index (χ1v) is 10.2. The second-order valence-electron chi connectivity index (χ2n) is 5.26. The quantitative estimate of drug-likeness (QED) is 0.840. The van der Waals surface area contributed by atoms with E-state index < -0.39 is 10.0 Å². The molecule has 116 valence electrons. The maximum Gasteiger partial charge on any atom is 0.241 e. The summed E-state index contributed by atoms with van der Waals surface area (Å²) in [5.41, 5.74) is 1.97. The molecule has 1 atom stereocenters. The van der Waals surface area contributed by atoms with Crippen LogP contribution >= 0.6 is 27.7 Å². The molecule has 1 N–H and O–H groups in total. The van der Waals surface area contributed by atoms with Gasteiger partial charge in [-0.3, -0.25) is 0 Å². The number of halogens is 1. The summed E-state index contributed by atoms with van der Waals surface area (Å²) in [7, 11) is -3.52. The number of thioether (sulfide) groups is 1. The van der Waals surface area contributed by atoms with Crippen LogP contribution < -0.4 is 4.72 Å². The predicted octanol–water partition coefficient (Wildman–Crippen LogP) is 4.27. The number of sulfonamides is 1. The minimum atomic E-state index is -3.52. The molecule has 0 radical (unpaired) electrons. The predicted molar refractivity (Wildman–Crippen MR) is 93.7 cm³/mol. The Morgan fingerprint density at radius 3 is 2.77 bits per heavy atom. The minimum absolute atomic E-state index is 0.161. The van der Waals surface area contributed by atoms with Crippen molar-refractivity contribution in [2.75, 3.05) is 5.75 Å². The molecule has 2 aromatic rings. The van der Waals surface area contributed by atoms with Gasteiger partial charge in [-0.15, -0.1) is 11.8 Å². The van der Waals surface area contributed by atoms with Crippen LogP contribution in [-0.4, -0.2) is 14.2 Å². The van der Waals surface area contributed by atoms with Gasteiger partial charge in [0.05, 0.1) is 4.90 Å². The van der Waals surface area contributed by atoms with Crippen LogP contribution in [-0.2, 0) is 10.0 Å². The molecule has 2 aromatic carbocycles. The summed E-state index contributed by atoms with van der Waals surface area (Å²) in [6.45, 7) is 1.88. The van der Waals surface area contributed by atoms with Crippen molar-refractivity contribution < 1.29 is 8.42 Å². The van der Waals surface area contributed by atoms with Crippen molar-refractivity contribution in [1.29, 1.82) is 0 Å². The van der Waals surface area contributed by atoms with E-state index in [2.05, 4.69) is 20.7 Å². The molecule has 0 fully saturated rings. The van der Waals surface area contributed by atoms with Crippen molar-refractivity contribution in [3.63, 3.8) is 0 Å². The molecule has 3 nitrogen and oxygen atoms in total. The number of rotatable bonds is 3. The summed E-state index contributed by atoms with van der Waals surface area (Å²) in [6, 6.07) is 12.9. The molecule has 0 bridgehead atoms. The molecule has 0 saturated carbocycles. The van der Waals surface area contributed by atoms with E-state index in [4.69, 9.17) is 0 Å². The first kappa shape index (κ1) is 16.1. The lowest BCUT2D eigenvalue weighted by molar-refractivity contribution is 0.546. The first-order valence-electron chi connectivity index (χ1n) is 6.97. The van der Waals surface area contributed by atoms with Crippen LogP contribution in [0.3, 0.4) is 0 Å². The van der Waals surface area contributed by atoms with Gasteiger partial charge in [-0.05, 0) is 54.5 Å². The fourth-order valence-corrected chi connectivity index (χ4v) is 5.21. The van der Waals surface area contributed by atoms with Crippen LogP contribution in [0.15, 0.2) is 56.7 Å². The largest absolute Gasteiger partial charge is 0.241 e. The van der Waals surface area contributed by atoms with Crippen LogP contribution in [0.4, 0.5) is 0 Å². The van der Waals surface area contributed by atoms with E-state index in [9.17, 15) is 8.42 Å². The fraction of sp³-hybridized carbons (Fsp3) is 0.250. The Bertz CT molecular complexity index is 806. The summed E-state index contributed by atoms with van der Waals surface area (Å²) in [6.07, 6.45) is 0.802. The molecule has 0 unspecified atom stereocenters. The highest BCUT2D eigenvalue weighted by Gasteiger charge is 2.26. The Morgan fingerprint density at radius 2 is 2.00 bits per heavy atom. The molecule has 0 aliphatic carbocycles. The van der Waals surface area contributed by atoms with Gasteiger partial charge in [-0.1, -0.05) is 34.1 Å². The molecule has 3 rings (SSSR count). The highest BCUT2D eigenvalue weighted by Crippen LogP contribution is 2.36. The third-order valence-corrected chi connectivity index (χ3v) is 7.18. The highest BCUT2D eigenvalue weighted by molar-refractivity contribution is 9.10. The Morgan fingerprint density at radius 1 is 1.23 bits per heavy atom. The smallest absolute Gasteiger partial charge is 0.207 e. The van der Waals surface area contributed by atoms with E-state index >= 15 is 0 Å². The number of aryl methyl sites for hydroxylation is 1. The highest BCUT2D eigenvalue weighted by atomic mass is 79.9. The van der Waals surface area contributed by atoms with Crippen LogP contribution in [0, 0.1) is 6.92 Å². The summed E-state index contributed by atoms with van der Waals surface area (Å²) >= 11 is 5.18. The minimum Gasteiger partial charge on any atom is -0.207 e. The molecular weight excluding hydrogens is 382 g/mol. The fourth-order valence-electron chi connectivity index (χ4n) is 2.50. The second-order valence-corrected chi connectivity index (χ2v) is 8.96. The van der Waals surface area contributed by atoms with E-state index in [1.165, 1.54) is 0 Å². The monoisotopic (exact) mass is 397 g/mol. The summed E-state index contributed by atoms with van der Waals surface area (Å²) in [5.74, 6) is 0.920. The topological polar surface area (TPSA) is 46.2 Å². The maximum absolute atomic E-state index is 12.6. The Kier molecular flexibility index (Phi) is 4.64. The molecule has 0 amide bonds. The average molecular weight is 398 g/mol. The van der Waals surface area contributed by atoms with Gasteiger partial charge in [0.2, 0.25) is 10.0 Å². The van der Waals surface area contributed by atoms with Crippen LogP contribution in [0.1, 0.15) is 23.6 Å². The molecule has 0 saturated heterocycles. The lowest BCUT2D eigenvalue weighted by atomic mass is 10.1. The van der Waals surface area contributed by atoms with Gasteiger partial charge in [0.1, 0.15) is 0 Å². The zero-order valence-electron chi connectivity index (χ0n) is 12.0. The molecule has 0 spiro atoms. The molecule has 1 heterocycles. The van der Waals surface area contributed by atoms with Crippen molar-refractivity contribution in [3.05, 3.63) is 58.1 Å². The third-order valence-electron chi connectivity index (χ3n) is 3.70. The number of hydrogen-bond acceptors (Lipinski definition) is 3. The molecule has 22 heavy (non-hydrogen) atoms. The lowest BCUT2D eigenvalue weighted by Gasteiger charge is -2.25. The van der Waals surface area contributed by atoms with E-state index in [-0.39, 0.29) is 6.04 Å². The Hall–Kier alpha value is -0.820. The van der Waals surface area contributed by atoms with Crippen molar-refractivity contribution in [2.24, 2.45) is 0 Å². The Balaban J connectivity index is 1.91. The zero-order valence-corrected chi connectivity index (χ0v) is 15.3. The first-order chi connectivity index (χ1) is 10.5. The SMILES string of the molecule is Cc1cc(S(=O)(=O)N[C@@H]2CCSc3ccccc32)ccc1Br. The number of benzene rings is 2. The van der Waals surface area contributed by atoms with Gasteiger partial charge in [0, 0.05) is 15.4 Å². The molecule has 6 heteroatoms. The lowest BCUT2D eigenvalue weighted by Crippen LogP contribution is -2.30. The molecule has 1 aliphatic rings. The maximum atomic E-state index is 12.6. The normalized spacial score (nSPS) is 18.0. The molecule has 1 aliphatic heterocycles. The average Bonchev–Trinajstić information content (AvgIpc) is 2.50. The van der Waals surface area contributed by atoms with E-state index in [1.54, 1.807) is 30.0 Å². The van der Waals surface area contributed by atoms with Gasteiger partial charge in [-0.2, -0.15) is 0 Å². The standard InChI is InChI=1S/C16H16BrNO2S2/c1-11-10-12(6-7-14(11)17)22(19,20)18-15-8-9-21-16-5-3-2-4-13(15)16/h2-7,10,15,18H,8-9H2,1H3/t15-/m1/s1.